The molecule has 2 N–H and O–H groups in total. The summed E-state index contributed by atoms with van der Waals surface area (Å²) in [5.41, 5.74) is 0.452. The molecule has 1 aliphatic heterocycles. The molecule has 1 saturated heterocycles. The van der Waals surface area contributed by atoms with Crippen LogP contribution in [0, 0.1) is 11.8 Å². The Labute approximate surface area is 339 Å². The van der Waals surface area contributed by atoms with Gasteiger partial charge in [0.25, 0.3) is 5.91 Å². The zero-order chi connectivity index (χ0) is 39.7. The summed E-state index contributed by atoms with van der Waals surface area (Å²) in [7, 11) is 0. The van der Waals surface area contributed by atoms with Crippen molar-refractivity contribution in [1.29, 1.82) is 0 Å². The normalized spacial score (nSPS) is 16.8. The first-order valence-corrected chi connectivity index (χ1v) is 20.8. The van der Waals surface area contributed by atoms with Crippen LogP contribution in [0.2, 0.25) is 5.15 Å². The molecule has 4 aromatic rings. The molecule has 300 valence electrons. The number of rotatable bonds is 16. The number of hydrogen-bond donors (Lipinski definition) is 2. The van der Waals surface area contributed by atoms with E-state index in [4.69, 9.17) is 30.8 Å². The highest BCUT2D eigenvalue weighted by atomic mass is 35.5. The lowest BCUT2D eigenvalue weighted by Crippen LogP contribution is -2.45. The third-order valence-electron chi connectivity index (χ3n) is 10.1. The van der Waals surface area contributed by atoms with Gasteiger partial charge in [-0.2, -0.15) is 0 Å². The Bertz CT molecular complexity index is 1930. The predicted octanol–water partition coefficient (Wildman–Crippen LogP) is 9.52. The van der Waals surface area contributed by atoms with E-state index in [9.17, 15) is 9.59 Å². The van der Waals surface area contributed by atoms with Crippen molar-refractivity contribution < 1.29 is 23.8 Å². The van der Waals surface area contributed by atoms with Crippen molar-refractivity contribution in [2.45, 2.75) is 109 Å². The number of nitrogens with one attached hydrogen (secondary N) is 2. The number of likely N-dealkylation sites (tertiary alicyclic amines) is 1. The van der Waals surface area contributed by atoms with Crippen molar-refractivity contribution in [3.8, 4) is 17.4 Å². The molecule has 1 aromatic carbocycles. The molecular weight excluding hydrogens is 750 g/mol. The van der Waals surface area contributed by atoms with Gasteiger partial charge in [0.1, 0.15) is 34.0 Å². The fourth-order valence-electron chi connectivity index (χ4n) is 7.29. The van der Waals surface area contributed by atoms with Crippen molar-refractivity contribution in [2.24, 2.45) is 11.8 Å². The van der Waals surface area contributed by atoms with Crippen LogP contribution in [-0.4, -0.2) is 67.5 Å². The van der Waals surface area contributed by atoms with Crippen LogP contribution >= 0.6 is 23.5 Å². The van der Waals surface area contributed by atoms with Gasteiger partial charge < -0.3 is 24.4 Å². The molecule has 0 spiro atoms. The number of aromatic nitrogens is 4. The predicted molar refractivity (Wildman–Crippen MR) is 220 cm³/mol. The minimum atomic E-state index is -0.535. The lowest BCUT2D eigenvalue weighted by atomic mass is 9.93. The summed E-state index contributed by atoms with van der Waals surface area (Å²) in [6.07, 6.45) is 10.5. The Kier molecular flexibility index (Phi) is 13.7. The number of hydrogen-bond acceptors (Lipinski definition) is 10. The van der Waals surface area contributed by atoms with Gasteiger partial charge in [-0.05, 0) is 89.8 Å². The molecule has 1 saturated carbocycles. The summed E-state index contributed by atoms with van der Waals surface area (Å²) in [5, 5.41) is 8.51. The Balaban J connectivity index is 1.04. The van der Waals surface area contributed by atoms with E-state index >= 15 is 0 Å². The van der Waals surface area contributed by atoms with Gasteiger partial charge in [0.05, 0.1) is 12.2 Å². The number of carbonyl (C=O) groups is 2. The summed E-state index contributed by atoms with van der Waals surface area (Å²) >= 11 is 7.59. The third kappa shape index (κ3) is 11.8. The first-order chi connectivity index (χ1) is 26.8. The molecule has 2 amide bonds. The zero-order valence-corrected chi connectivity index (χ0v) is 34.6. The molecule has 12 nitrogen and oxygen atoms in total. The topological polar surface area (TPSA) is 133 Å². The molecule has 6 rings (SSSR count). The lowest BCUT2D eigenvalue weighted by Gasteiger charge is -2.33. The van der Waals surface area contributed by atoms with Crippen molar-refractivity contribution in [2.75, 3.05) is 25.0 Å². The number of anilines is 1. The van der Waals surface area contributed by atoms with Gasteiger partial charge in [-0.15, -0.1) is 5.10 Å². The summed E-state index contributed by atoms with van der Waals surface area (Å²) < 4.78 is 22.2. The average molecular weight is 804 g/mol. The highest BCUT2D eigenvalue weighted by Crippen LogP contribution is 2.36. The molecule has 4 heterocycles. The van der Waals surface area contributed by atoms with E-state index in [1.807, 2.05) is 62.1 Å². The van der Waals surface area contributed by atoms with Gasteiger partial charge in [-0.25, -0.2) is 19.4 Å². The standard InChI is InChI=1S/C42H54ClN7O5S/c1-41(2,3)55-40(52)49-27-31(26-42(49,4)5)16-11-21-44-34-24-32(54-28-30-14-7-6-8-15-30)25-37(45-34)56-48-39(51)33-17-18-35(46-38(33)43)50-22-19-36(47-50)53-23-20-29-12-9-10-13-29/h6-8,14-15,17-19,22,24-25,29,31H,9-13,16,20-21,23,26-28H2,1-5H3,(H,44,45)(H,48,51)/t31-/m0/s1. The number of amides is 2. The van der Waals surface area contributed by atoms with Crippen LogP contribution in [0.15, 0.2) is 71.9 Å². The van der Waals surface area contributed by atoms with Crippen molar-refractivity contribution in [3.63, 3.8) is 0 Å². The van der Waals surface area contributed by atoms with Crippen LogP contribution in [0.4, 0.5) is 10.6 Å². The van der Waals surface area contributed by atoms with Crippen LogP contribution in [0.25, 0.3) is 5.82 Å². The van der Waals surface area contributed by atoms with Gasteiger partial charge in [0.2, 0.25) is 5.88 Å². The fourth-order valence-corrected chi connectivity index (χ4v) is 8.15. The molecule has 2 aliphatic rings. The number of carbonyl (C=O) groups excluding carboxylic acids is 2. The number of ether oxygens (including phenoxy) is 3. The van der Waals surface area contributed by atoms with E-state index in [1.165, 1.54) is 25.7 Å². The number of nitrogens with zero attached hydrogens (tertiary/aromatic N) is 5. The van der Waals surface area contributed by atoms with E-state index < -0.39 is 11.5 Å². The molecule has 0 radical (unpaired) electrons. The highest BCUT2D eigenvalue weighted by Gasteiger charge is 2.42. The number of pyridine rings is 2. The molecular formula is C42H54ClN7O5S. The first-order valence-electron chi connectivity index (χ1n) is 19.6. The smallest absolute Gasteiger partial charge is 0.410 e. The van der Waals surface area contributed by atoms with E-state index in [0.717, 1.165) is 49.1 Å². The molecule has 0 bridgehead atoms. The van der Waals surface area contributed by atoms with Crippen LogP contribution in [-0.2, 0) is 11.3 Å². The lowest BCUT2D eigenvalue weighted by molar-refractivity contribution is 0.0130. The van der Waals surface area contributed by atoms with E-state index in [1.54, 1.807) is 35.1 Å². The van der Waals surface area contributed by atoms with Crippen molar-refractivity contribution >= 4 is 41.4 Å². The molecule has 0 unspecified atom stereocenters. The maximum atomic E-state index is 13.3. The summed E-state index contributed by atoms with van der Waals surface area (Å²) in [5.74, 6) is 2.93. The molecule has 1 aliphatic carbocycles. The van der Waals surface area contributed by atoms with E-state index in [0.29, 0.717) is 60.5 Å². The Hall–Kier alpha value is -4.49. The van der Waals surface area contributed by atoms with Gasteiger partial charge in [-0.1, -0.05) is 67.6 Å². The van der Waals surface area contributed by atoms with Crippen molar-refractivity contribution in [3.05, 3.63) is 83.1 Å². The maximum absolute atomic E-state index is 13.3. The summed E-state index contributed by atoms with van der Waals surface area (Å²) in [4.78, 5) is 37.2. The highest BCUT2D eigenvalue weighted by molar-refractivity contribution is 7.97. The SMILES string of the molecule is CC(C)(C)OC(=O)N1C[C@@H](CCCNc2cc(OCc3ccccc3)cc(SNC(=O)c3ccc(-n4ccc(OCCC5CCCC5)n4)nc3Cl)n2)CC1(C)C. The Morgan fingerprint density at radius 2 is 1.77 bits per heavy atom. The minimum Gasteiger partial charge on any atom is -0.489 e. The number of benzene rings is 1. The van der Waals surface area contributed by atoms with Crippen LogP contribution in [0.5, 0.6) is 11.6 Å². The van der Waals surface area contributed by atoms with E-state index in [-0.39, 0.29) is 22.3 Å². The minimum absolute atomic E-state index is 0.0509. The number of halogens is 1. The molecule has 2 fully saturated rings. The van der Waals surface area contributed by atoms with Crippen LogP contribution in [0.1, 0.15) is 102 Å². The van der Waals surface area contributed by atoms with Gasteiger partial charge in [0.15, 0.2) is 5.82 Å². The Morgan fingerprint density at radius 1 is 0.982 bits per heavy atom. The quantitative estimate of drug-likeness (QED) is 0.0641. The largest absolute Gasteiger partial charge is 0.489 e. The molecule has 56 heavy (non-hydrogen) atoms. The second kappa shape index (κ2) is 18.6. The van der Waals surface area contributed by atoms with Crippen LogP contribution in [0.3, 0.4) is 0 Å². The summed E-state index contributed by atoms with van der Waals surface area (Å²) in [6.45, 7) is 12.2. The molecule has 14 heteroatoms. The van der Waals surface area contributed by atoms with Gasteiger partial charge >= 0.3 is 6.09 Å². The monoisotopic (exact) mass is 803 g/mol. The maximum Gasteiger partial charge on any atom is 0.410 e. The zero-order valence-electron chi connectivity index (χ0n) is 33.1. The fraction of sp³-hybridized carbons (Fsp3) is 0.500. The second-order valence-electron chi connectivity index (χ2n) is 16.3. The summed E-state index contributed by atoms with van der Waals surface area (Å²) in [6, 6.07) is 18.7. The van der Waals surface area contributed by atoms with Gasteiger partial charge in [0, 0.05) is 55.0 Å². The second-order valence-corrected chi connectivity index (χ2v) is 17.5. The first kappa shape index (κ1) is 41.2. The average Bonchev–Trinajstić information content (AvgIpc) is 3.92. The molecule has 3 aromatic heterocycles. The van der Waals surface area contributed by atoms with Crippen LogP contribution < -0.4 is 19.5 Å². The van der Waals surface area contributed by atoms with E-state index in [2.05, 4.69) is 34.0 Å². The third-order valence-corrected chi connectivity index (χ3v) is 11.1. The van der Waals surface area contributed by atoms with Crippen molar-refractivity contribution in [1.82, 2.24) is 29.4 Å². The van der Waals surface area contributed by atoms with Gasteiger partial charge in [-0.3, -0.25) is 9.52 Å². The Morgan fingerprint density at radius 3 is 2.52 bits per heavy atom. The molecule has 1 atom stereocenters.